The normalized spacial score (nSPS) is 19.3. The number of nitrogens with one attached hydrogen (secondary N) is 1. The molecule has 1 aliphatic rings. The van der Waals surface area contributed by atoms with Crippen molar-refractivity contribution in [3.05, 3.63) is 29.8 Å². The zero-order valence-corrected chi connectivity index (χ0v) is 13.0. The maximum absolute atomic E-state index is 12.0. The summed E-state index contributed by atoms with van der Waals surface area (Å²) in [6.45, 7) is 5.60. The van der Waals surface area contributed by atoms with E-state index in [4.69, 9.17) is 10.5 Å². The Morgan fingerprint density at radius 1 is 1.33 bits per heavy atom. The largest absolute Gasteiger partial charge is 0.378 e. The van der Waals surface area contributed by atoms with Crippen molar-refractivity contribution in [1.29, 1.82) is 0 Å². The van der Waals surface area contributed by atoms with E-state index in [9.17, 15) is 4.79 Å². The molecule has 1 unspecified atom stereocenters. The number of rotatable bonds is 5. The zero-order valence-electron chi connectivity index (χ0n) is 13.0. The van der Waals surface area contributed by atoms with E-state index >= 15 is 0 Å². The average Bonchev–Trinajstić information content (AvgIpc) is 2.48. The lowest BCUT2D eigenvalue weighted by molar-refractivity contribution is -0.119. The van der Waals surface area contributed by atoms with Crippen LogP contribution in [0.4, 0.5) is 5.69 Å². The number of benzene rings is 1. The van der Waals surface area contributed by atoms with Crippen LogP contribution >= 0.6 is 0 Å². The number of ether oxygens (including phenoxy) is 1. The number of amides is 1. The van der Waals surface area contributed by atoms with Gasteiger partial charge in [0.25, 0.3) is 0 Å². The van der Waals surface area contributed by atoms with Gasteiger partial charge in [-0.2, -0.15) is 0 Å². The maximum atomic E-state index is 12.0. The first-order chi connectivity index (χ1) is 10.0. The average molecular weight is 290 g/mol. The number of carbonyl (C=O) groups is 1. The lowest BCUT2D eigenvalue weighted by Gasteiger charge is -2.23. The molecule has 1 aromatic rings. The Morgan fingerprint density at radius 2 is 2.05 bits per heavy atom. The highest BCUT2D eigenvalue weighted by atomic mass is 16.5. The third-order valence-electron chi connectivity index (χ3n) is 4.15. The fraction of sp³-hybridized carbons (Fsp3) is 0.588. The highest BCUT2D eigenvalue weighted by Gasteiger charge is 2.19. The molecule has 4 nitrogen and oxygen atoms in total. The first-order valence-corrected chi connectivity index (χ1v) is 7.73. The Bertz CT molecular complexity index is 462. The van der Waals surface area contributed by atoms with Gasteiger partial charge in [0.1, 0.15) is 0 Å². The lowest BCUT2D eigenvalue weighted by atomic mass is 9.85. The van der Waals surface area contributed by atoms with E-state index in [1.165, 1.54) is 5.56 Å². The SMILES string of the molecule is CC(C)(CN)c1ccc(NC(=O)CC2CCCCO2)cc1. The molecule has 1 amide bonds. The molecule has 3 N–H and O–H groups in total. The zero-order chi connectivity index (χ0) is 15.3. The van der Waals surface area contributed by atoms with Crippen molar-refractivity contribution in [1.82, 2.24) is 0 Å². The second-order valence-electron chi connectivity index (χ2n) is 6.41. The molecule has 116 valence electrons. The van der Waals surface area contributed by atoms with Crippen molar-refractivity contribution >= 4 is 11.6 Å². The van der Waals surface area contributed by atoms with Gasteiger partial charge in [0.05, 0.1) is 12.5 Å². The van der Waals surface area contributed by atoms with Crippen molar-refractivity contribution in [2.24, 2.45) is 5.73 Å². The van der Waals surface area contributed by atoms with E-state index in [0.29, 0.717) is 13.0 Å². The van der Waals surface area contributed by atoms with Gasteiger partial charge in [-0.1, -0.05) is 26.0 Å². The van der Waals surface area contributed by atoms with Gasteiger partial charge in [-0.3, -0.25) is 4.79 Å². The van der Waals surface area contributed by atoms with Gasteiger partial charge in [0.15, 0.2) is 0 Å². The number of anilines is 1. The van der Waals surface area contributed by atoms with Crippen LogP contribution in [0, 0.1) is 0 Å². The molecule has 4 heteroatoms. The Hall–Kier alpha value is -1.39. The minimum absolute atomic E-state index is 0.0211. The molecule has 1 heterocycles. The maximum Gasteiger partial charge on any atom is 0.226 e. The number of hydrogen-bond donors (Lipinski definition) is 2. The molecule has 1 atom stereocenters. The van der Waals surface area contributed by atoms with Crippen LogP contribution in [-0.2, 0) is 14.9 Å². The van der Waals surface area contributed by atoms with Crippen molar-refractivity contribution in [3.8, 4) is 0 Å². The van der Waals surface area contributed by atoms with E-state index in [0.717, 1.165) is 31.6 Å². The van der Waals surface area contributed by atoms with Crippen LogP contribution < -0.4 is 11.1 Å². The summed E-state index contributed by atoms with van der Waals surface area (Å²) in [5.74, 6) is 0.0211. The lowest BCUT2D eigenvalue weighted by Crippen LogP contribution is -2.28. The van der Waals surface area contributed by atoms with Gasteiger partial charge in [-0.25, -0.2) is 0 Å². The van der Waals surface area contributed by atoms with Gasteiger partial charge in [-0.15, -0.1) is 0 Å². The molecule has 0 bridgehead atoms. The smallest absolute Gasteiger partial charge is 0.226 e. The van der Waals surface area contributed by atoms with Crippen LogP contribution in [-0.4, -0.2) is 25.2 Å². The third kappa shape index (κ3) is 4.55. The molecule has 0 spiro atoms. The Labute approximate surface area is 127 Å². The minimum atomic E-state index is -0.0432. The summed E-state index contributed by atoms with van der Waals surface area (Å²) in [6.07, 6.45) is 3.76. The van der Waals surface area contributed by atoms with Crippen molar-refractivity contribution in [2.45, 2.75) is 51.0 Å². The van der Waals surface area contributed by atoms with Crippen molar-refractivity contribution in [3.63, 3.8) is 0 Å². The quantitative estimate of drug-likeness (QED) is 0.876. The van der Waals surface area contributed by atoms with E-state index in [1.54, 1.807) is 0 Å². The molecule has 1 saturated heterocycles. The summed E-state index contributed by atoms with van der Waals surface area (Å²) in [5, 5.41) is 2.94. The monoisotopic (exact) mass is 290 g/mol. The predicted octanol–water partition coefficient (Wildman–Crippen LogP) is 2.82. The Kier molecular flexibility index (Phi) is 5.37. The fourth-order valence-corrected chi connectivity index (χ4v) is 2.51. The molecule has 21 heavy (non-hydrogen) atoms. The summed E-state index contributed by atoms with van der Waals surface area (Å²) in [5.41, 5.74) is 7.74. The van der Waals surface area contributed by atoms with Gasteiger partial charge >= 0.3 is 0 Å². The van der Waals surface area contributed by atoms with Crippen LogP contribution in [0.1, 0.15) is 45.1 Å². The van der Waals surface area contributed by atoms with E-state index in [1.807, 2.05) is 24.3 Å². The van der Waals surface area contributed by atoms with Crippen molar-refractivity contribution < 1.29 is 9.53 Å². The first kappa shape index (κ1) is 16.0. The number of nitrogens with two attached hydrogens (primary N) is 1. The topological polar surface area (TPSA) is 64.3 Å². The standard InChI is InChI=1S/C17H26N2O2/c1-17(2,12-18)13-6-8-14(9-7-13)19-16(20)11-15-5-3-4-10-21-15/h6-9,15H,3-5,10-12,18H2,1-2H3,(H,19,20). The highest BCUT2D eigenvalue weighted by Crippen LogP contribution is 2.23. The number of hydrogen-bond acceptors (Lipinski definition) is 3. The summed E-state index contributed by atoms with van der Waals surface area (Å²) >= 11 is 0. The fourth-order valence-electron chi connectivity index (χ4n) is 2.51. The Morgan fingerprint density at radius 3 is 2.62 bits per heavy atom. The predicted molar refractivity (Wildman–Crippen MR) is 85.4 cm³/mol. The summed E-state index contributed by atoms with van der Waals surface area (Å²) in [6, 6.07) is 7.93. The van der Waals surface area contributed by atoms with E-state index in [-0.39, 0.29) is 17.4 Å². The molecule has 0 radical (unpaired) electrons. The Balaban J connectivity index is 1.89. The van der Waals surface area contributed by atoms with Crippen LogP contribution in [0.2, 0.25) is 0 Å². The molecule has 0 aliphatic carbocycles. The second-order valence-corrected chi connectivity index (χ2v) is 6.41. The minimum Gasteiger partial charge on any atom is -0.378 e. The van der Waals surface area contributed by atoms with Crippen LogP contribution in [0.3, 0.4) is 0 Å². The van der Waals surface area contributed by atoms with E-state index in [2.05, 4.69) is 19.2 Å². The highest BCUT2D eigenvalue weighted by molar-refractivity contribution is 5.91. The molecule has 1 fully saturated rings. The van der Waals surface area contributed by atoms with Gasteiger partial charge in [-0.05, 0) is 37.0 Å². The van der Waals surface area contributed by atoms with Crippen LogP contribution in [0.15, 0.2) is 24.3 Å². The summed E-state index contributed by atoms with van der Waals surface area (Å²) < 4.78 is 5.59. The molecular formula is C17H26N2O2. The van der Waals surface area contributed by atoms with Crippen molar-refractivity contribution in [2.75, 3.05) is 18.5 Å². The van der Waals surface area contributed by atoms with Crippen LogP contribution in [0.25, 0.3) is 0 Å². The number of carbonyl (C=O) groups excluding carboxylic acids is 1. The summed E-state index contributed by atoms with van der Waals surface area (Å²) in [4.78, 5) is 12.0. The molecule has 0 aromatic heterocycles. The first-order valence-electron chi connectivity index (χ1n) is 7.73. The van der Waals surface area contributed by atoms with Gasteiger partial charge < -0.3 is 15.8 Å². The molecule has 1 aliphatic heterocycles. The van der Waals surface area contributed by atoms with E-state index < -0.39 is 0 Å². The summed E-state index contributed by atoms with van der Waals surface area (Å²) in [7, 11) is 0. The van der Waals surface area contributed by atoms with Gasteiger partial charge in [0.2, 0.25) is 5.91 Å². The van der Waals surface area contributed by atoms with Gasteiger partial charge in [0, 0.05) is 24.3 Å². The molecule has 2 rings (SSSR count). The molecular weight excluding hydrogens is 264 g/mol. The molecule has 1 aromatic carbocycles. The third-order valence-corrected chi connectivity index (χ3v) is 4.15. The second kappa shape index (κ2) is 7.05. The molecule has 0 saturated carbocycles. The van der Waals surface area contributed by atoms with Crippen LogP contribution in [0.5, 0.6) is 0 Å².